The Bertz CT molecular complexity index is 1090. The summed E-state index contributed by atoms with van der Waals surface area (Å²) in [5.41, 5.74) is 5.61. The van der Waals surface area contributed by atoms with Crippen LogP contribution in [0.4, 0.5) is 5.69 Å². The van der Waals surface area contributed by atoms with Crippen LogP contribution in [0.3, 0.4) is 0 Å². The molecule has 0 saturated carbocycles. The van der Waals surface area contributed by atoms with Crippen molar-refractivity contribution in [2.24, 2.45) is 5.10 Å². The SMILES string of the molecule is COc1ccc(C(=O)Nc2ccc(C(C)=NNC(=O)c3ccccc3)cc2)cc1OC. The first kappa shape index (κ1) is 21.6. The van der Waals surface area contributed by atoms with Crippen molar-refractivity contribution >= 4 is 23.2 Å². The van der Waals surface area contributed by atoms with Crippen LogP contribution in [0.15, 0.2) is 77.9 Å². The number of nitrogens with one attached hydrogen (secondary N) is 2. The van der Waals surface area contributed by atoms with Crippen LogP contribution in [0, 0.1) is 0 Å². The Hall–Kier alpha value is -4.13. The first-order chi connectivity index (χ1) is 15.0. The summed E-state index contributed by atoms with van der Waals surface area (Å²) >= 11 is 0. The molecule has 0 atom stereocenters. The highest BCUT2D eigenvalue weighted by Gasteiger charge is 2.11. The van der Waals surface area contributed by atoms with Gasteiger partial charge in [0.05, 0.1) is 19.9 Å². The third-order valence-electron chi connectivity index (χ3n) is 4.57. The average Bonchev–Trinajstić information content (AvgIpc) is 2.82. The zero-order chi connectivity index (χ0) is 22.2. The molecule has 7 nitrogen and oxygen atoms in total. The Balaban J connectivity index is 1.64. The van der Waals surface area contributed by atoms with Gasteiger partial charge in [-0.25, -0.2) is 5.43 Å². The lowest BCUT2D eigenvalue weighted by atomic mass is 10.1. The Morgan fingerprint density at radius 1 is 0.742 bits per heavy atom. The van der Waals surface area contributed by atoms with E-state index in [-0.39, 0.29) is 11.8 Å². The minimum absolute atomic E-state index is 0.269. The molecule has 0 radical (unpaired) electrons. The number of rotatable bonds is 7. The Kier molecular flexibility index (Phi) is 7.01. The van der Waals surface area contributed by atoms with E-state index in [2.05, 4.69) is 15.8 Å². The fourth-order valence-electron chi connectivity index (χ4n) is 2.83. The molecule has 0 saturated heterocycles. The van der Waals surface area contributed by atoms with E-state index in [4.69, 9.17) is 9.47 Å². The van der Waals surface area contributed by atoms with Crippen LogP contribution in [-0.2, 0) is 0 Å². The molecule has 0 spiro atoms. The van der Waals surface area contributed by atoms with Crippen molar-refractivity contribution in [3.63, 3.8) is 0 Å². The third kappa shape index (κ3) is 5.48. The molecule has 0 fully saturated rings. The zero-order valence-corrected chi connectivity index (χ0v) is 17.5. The zero-order valence-electron chi connectivity index (χ0n) is 17.5. The molecule has 31 heavy (non-hydrogen) atoms. The van der Waals surface area contributed by atoms with Gasteiger partial charge in [0.25, 0.3) is 11.8 Å². The average molecular weight is 417 g/mol. The second-order valence-electron chi connectivity index (χ2n) is 6.61. The standard InChI is InChI=1S/C24H23N3O4/c1-16(26-27-24(29)18-7-5-4-6-8-18)17-9-12-20(13-10-17)25-23(28)19-11-14-21(30-2)22(15-19)31-3/h4-15H,1-3H3,(H,25,28)(H,27,29). The molecule has 0 aliphatic carbocycles. The molecule has 158 valence electrons. The summed E-state index contributed by atoms with van der Waals surface area (Å²) in [6.07, 6.45) is 0. The molecule has 2 amide bonds. The number of carbonyl (C=O) groups excluding carboxylic acids is 2. The highest BCUT2D eigenvalue weighted by Crippen LogP contribution is 2.27. The molecule has 3 aromatic rings. The summed E-state index contributed by atoms with van der Waals surface area (Å²) in [6, 6.07) is 21.0. The van der Waals surface area contributed by atoms with Crippen molar-refractivity contribution in [3.8, 4) is 11.5 Å². The molecule has 0 aliphatic heterocycles. The van der Waals surface area contributed by atoms with Crippen molar-refractivity contribution in [2.75, 3.05) is 19.5 Å². The number of anilines is 1. The summed E-state index contributed by atoms with van der Waals surface area (Å²) in [7, 11) is 3.06. The maximum Gasteiger partial charge on any atom is 0.271 e. The first-order valence-electron chi connectivity index (χ1n) is 9.55. The van der Waals surface area contributed by atoms with E-state index in [9.17, 15) is 9.59 Å². The third-order valence-corrected chi connectivity index (χ3v) is 4.57. The van der Waals surface area contributed by atoms with Crippen LogP contribution in [0.25, 0.3) is 0 Å². The summed E-state index contributed by atoms with van der Waals surface area (Å²) in [5, 5.41) is 6.99. The predicted octanol–water partition coefficient (Wildman–Crippen LogP) is 4.11. The number of ether oxygens (including phenoxy) is 2. The minimum Gasteiger partial charge on any atom is -0.493 e. The van der Waals surface area contributed by atoms with E-state index in [1.165, 1.54) is 14.2 Å². The Morgan fingerprint density at radius 3 is 2.03 bits per heavy atom. The molecular formula is C24H23N3O4. The van der Waals surface area contributed by atoms with E-state index >= 15 is 0 Å². The van der Waals surface area contributed by atoms with Gasteiger partial charge < -0.3 is 14.8 Å². The smallest absolute Gasteiger partial charge is 0.271 e. The topological polar surface area (TPSA) is 89.0 Å². The van der Waals surface area contributed by atoms with E-state index in [1.54, 1.807) is 61.5 Å². The normalized spacial score (nSPS) is 10.9. The summed E-state index contributed by atoms with van der Waals surface area (Å²) < 4.78 is 10.4. The molecule has 3 aromatic carbocycles. The molecule has 0 bridgehead atoms. The number of amides is 2. The van der Waals surface area contributed by atoms with Crippen molar-refractivity contribution in [1.29, 1.82) is 0 Å². The summed E-state index contributed by atoms with van der Waals surface area (Å²) in [6.45, 7) is 1.79. The van der Waals surface area contributed by atoms with Crippen LogP contribution in [0.2, 0.25) is 0 Å². The predicted molar refractivity (Wildman–Crippen MR) is 120 cm³/mol. The highest BCUT2D eigenvalue weighted by atomic mass is 16.5. The van der Waals surface area contributed by atoms with Crippen LogP contribution < -0.4 is 20.2 Å². The number of benzene rings is 3. The van der Waals surface area contributed by atoms with Crippen molar-refractivity contribution in [3.05, 3.63) is 89.5 Å². The van der Waals surface area contributed by atoms with Crippen LogP contribution in [0.5, 0.6) is 11.5 Å². The van der Waals surface area contributed by atoms with E-state index < -0.39 is 0 Å². The molecule has 0 aromatic heterocycles. The Labute approximate surface area is 180 Å². The second kappa shape index (κ2) is 10.1. The van der Waals surface area contributed by atoms with Gasteiger partial charge in [-0.2, -0.15) is 5.10 Å². The van der Waals surface area contributed by atoms with Crippen LogP contribution in [0.1, 0.15) is 33.2 Å². The lowest BCUT2D eigenvalue weighted by Crippen LogP contribution is -2.19. The first-order valence-corrected chi connectivity index (χ1v) is 9.55. The molecule has 2 N–H and O–H groups in total. The monoisotopic (exact) mass is 417 g/mol. The van der Waals surface area contributed by atoms with Crippen LogP contribution >= 0.6 is 0 Å². The lowest BCUT2D eigenvalue weighted by Gasteiger charge is -2.10. The van der Waals surface area contributed by atoms with Crippen LogP contribution in [-0.4, -0.2) is 31.7 Å². The molecule has 7 heteroatoms. The van der Waals surface area contributed by atoms with Crippen molar-refractivity contribution < 1.29 is 19.1 Å². The second-order valence-corrected chi connectivity index (χ2v) is 6.61. The van der Waals surface area contributed by atoms with E-state index in [0.717, 1.165) is 5.56 Å². The van der Waals surface area contributed by atoms with Gasteiger partial charge >= 0.3 is 0 Å². The maximum atomic E-state index is 12.5. The fraction of sp³-hybridized carbons (Fsp3) is 0.125. The molecular weight excluding hydrogens is 394 g/mol. The summed E-state index contributed by atoms with van der Waals surface area (Å²) in [4.78, 5) is 24.6. The van der Waals surface area contributed by atoms with Gasteiger partial charge in [-0.05, 0) is 55.0 Å². The van der Waals surface area contributed by atoms with Gasteiger partial charge in [-0.3, -0.25) is 9.59 Å². The van der Waals surface area contributed by atoms with Crippen molar-refractivity contribution in [1.82, 2.24) is 5.43 Å². The molecule has 3 rings (SSSR count). The minimum atomic E-state index is -0.279. The van der Waals surface area contributed by atoms with Gasteiger partial charge in [-0.1, -0.05) is 30.3 Å². The number of carbonyl (C=O) groups is 2. The number of nitrogens with zero attached hydrogens (tertiary/aromatic N) is 1. The molecule has 0 unspecified atom stereocenters. The number of hydrogen-bond donors (Lipinski definition) is 2. The highest BCUT2D eigenvalue weighted by molar-refractivity contribution is 6.05. The molecule has 0 aliphatic rings. The number of hydrogen-bond acceptors (Lipinski definition) is 5. The van der Waals surface area contributed by atoms with E-state index in [0.29, 0.717) is 34.0 Å². The number of methoxy groups -OCH3 is 2. The maximum absolute atomic E-state index is 12.5. The Morgan fingerprint density at radius 2 is 1.39 bits per heavy atom. The van der Waals surface area contributed by atoms with Gasteiger partial charge in [0.2, 0.25) is 0 Å². The number of hydrazone groups is 1. The summed E-state index contributed by atoms with van der Waals surface area (Å²) in [5.74, 6) is 0.486. The fourth-order valence-corrected chi connectivity index (χ4v) is 2.83. The largest absolute Gasteiger partial charge is 0.493 e. The lowest BCUT2D eigenvalue weighted by molar-refractivity contribution is 0.0954. The van der Waals surface area contributed by atoms with Gasteiger partial charge in [-0.15, -0.1) is 0 Å². The van der Waals surface area contributed by atoms with Gasteiger partial charge in [0, 0.05) is 16.8 Å². The quantitative estimate of drug-likeness (QED) is 0.447. The molecule has 0 heterocycles. The van der Waals surface area contributed by atoms with Crippen molar-refractivity contribution in [2.45, 2.75) is 6.92 Å². The van der Waals surface area contributed by atoms with E-state index in [1.807, 2.05) is 18.2 Å². The van der Waals surface area contributed by atoms with Gasteiger partial charge in [0.15, 0.2) is 11.5 Å². The van der Waals surface area contributed by atoms with Gasteiger partial charge in [0.1, 0.15) is 0 Å².